The standard InChI is InChI=1S/C21H19FN2O5S/c1-3-28-19(25)12-29-16-9-4-13(10-17(16)27-2)11-18-20(26)24-21(30-18)23-15-7-5-14(22)6-8-15/h4-11H,3,12H2,1-2H3,(H,23,24,26)/b18-11+. The Morgan fingerprint density at radius 2 is 1.97 bits per heavy atom. The van der Waals surface area contributed by atoms with Crippen molar-refractivity contribution in [2.45, 2.75) is 6.92 Å². The van der Waals surface area contributed by atoms with Crippen LogP contribution in [0.25, 0.3) is 6.08 Å². The predicted molar refractivity (Wildman–Crippen MR) is 112 cm³/mol. The molecule has 1 N–H and O–H groups in total. The van der Waals surface area contributed by atoms with E-state index in [-0.39, 0.29) is 24.9 Å². The van der Waals surface area contributed by atoms with Crippen LogP contribution in [-0.4, -0.2) is 37.4 Å². The summed E-state index contributed by atoms with van der Waals surface area (Å²) < 4.78 is 28.6. The van der Waals surface area contributed by atoms with E-state index in [2.05, 4.69) is 10.3 Å². The summed E-state index contributed by atoms with van der Waals surface area (Å²) >= 11 is 1.17. The molecule has 0 radical (unpaired) electrons. The highest BCUT2D eigenvalue weighted by molar-refractivity contribution is 8.18. The van der Waals surface area contributed by atoms with Gasteiger partial charge < -0.3 is 19.5 Å². The highest BCUT2D eigenvalue weighted by Crippen LogP contribution is 2.32. The number of nitrogens with zero attached hydrogens (tertiary/aromatic N) is 1. The summed E-state index contributed by atoms with van der Waals surface area (Å²) in [4.78, 5) is 28.4. The number of halogens is 1. The molecule has 0 bridgehead atoms. The van der Waals surface area contributed by atoms with E-state index in [1.165, 1.54) is 43.1 Å². The predicted octanol–water partition coefficient (Wildman–Crippen LogP) is 3.67. The normalized spacial score (nSPS) is 15.9. The van der Waals surface area contributed by atoms with E-state index in [9.17, 15) is 14.0 Å². The van der Waals surface area contributed by atoms with Gasteiger partial charge in [-0.05, 0) is 66.7 Å². The van der Waals surface area contributed by atoms with Gasteiger partial charge in [0.05, 0.1) is 24.3 Å². The van der Waals surface area contributed by atoms with E-state index in [4.69, 9.17) is 14.2 Å². The van der Waals surface area contributed by atoms with E-state index >= 15 is 0 Å². The first-order valence-corrected chi connectivity index (χ1v) is 9.81. The van der Waals surface area contributed by atoms with Crippen LogP contribution >= 0.6 is 11.8 Å². The quantitative estimate of drug-likeness (QED) is 0.533. The van der Waals surface area contributed by atoms with Crippen molar-refractivity contribution in [3.8, 4) is 11.5 Å². The lowest BCUT2D eigenvalue weighted by Gasteiger charge is -2.11. The van der Waals surface area contributed by atoms with Crippen LogP contribution < -0.4 is 14.8 Å². The molecular formula is C21H19FN2O5S. The van der Waals surface area contributed by atoms with Crippen molar-refractivity contribution in [2.75, 3.05) is 20.3 Å². The molecule has 3 rings (SSSR count). The number of carbonyl (C=O) groups excluding carboxylic acids is 2. The SMILES string of the molecule is CCOC(=O)COc1ccc(/C=C2/SC(=Nc3ccc(F)cc3)NC2=O)cc1OC. The van der Waals surface area contributed by atoms with Gasteiger partial charge in [0.15, 0.2) is 23.3 Å². The lowest BCUT2D eigenvalue weighted by Crippen LogP contribution is -2.19. The molecule has 2 aromatic carbocycles. The number of carbonyl (C=O) groups is 2. The number of benzene rings is 2. The number of hydrogen-bond donors (Lipinski definition) is 1. The molecule has 7 nitrogen and oxygen atoms in total. The molecule has 1 saturated heterocycles. The fourth-order valence-electron chi connectivity index (χ4n) is 2.50. The second-order valence-corrected chi connectivity index (χ2v) is 6.99. The first-order valence-electron chi connectivity index (χ1n) is 9.00. The molecule has 1 amide bonds. The summed E-state index contributed by atoms with van der Waals surface area (Å²) in [6.45, 7) is 1.76. The molecule has 1 fully saturated rings. The van der Waals surface area contributed by atoms with Crippen LogP contribution in [0.3, 0.4) is 0 Å². The number of methoxy groups -OCH3 is 1. The van der Waals surface area contributed by atoms with E-state index in [1.807, 2.05) is 0 Å². The van der Waals surface area contributed by atoms with Crippen molar-refractivity contribution in [1.82, 2.24) is 5.32 Å². The summed E-state index contributed by atoms with van der Waals surface area (Å²) in [5.41, 5.74) is 1.24. The van der Waals surface area contributed by atoms with Crippen LogP contribution in [0.15, 0.2) is 52.4 Å². The number of amidine groups is 1. The highest BCUT2D eigenvalue weighted by atomic mass is 32.2. The zero-order chi connectivity index (χ0) is 21.5. The molecule has 0 unspecified atom stereocenters. The minimum Gasteiger partial charge on any atom is -0.493 e. The molecular weight excluding hydrogens is 411 g/mol. The topological polar surface area (TPSA) is 86.2 Å². The molecule has 0 atom stereocenters. The van der Waals surface area contributed by atoms with Gasteiger partial charge in [0.25, 0.3) is 5.91 Å². The van der Waals surface area contributed by atoms with Gasteiger partial charge in [-0.25, -0.2) is 14.2 Å². The maximum atomic E-state index is 13.0. The van der Waals surface area contributed by atoms with Gasteiger partial charge in [-0.1, -0.05) is 6.07 Å². The molecule has 1 heterocycles. The Bertz CT molecular complexity index is 1000. The fourth-order valence-corrected chi connectivity index (χ4v) is 3.34. The van der Waals surface area contributed by atoms with Crippen molar-refractivity contribution >= 4 is 40.6 Å². The maximum Gasteiger partial charge on any atom is 0.344 e. The van der Waals surface area contributed by atoms with E-state index in [0.29, 0.717) is 32.8 Å². The third-order valence-electron chi connectivity index (χ3n) is 3.84. The van der Waals surface area contributed by atoms with Crippen molar-refractivity contribution < 1.29 is 28.2 Å². The zero-order valence-corrected chi connectivity index (χ0v) is 17.1. The Kier molecular flexibility index (Phi) is 7.08. The Morgan fingerprint density at radius 1 is 1.20 bits per heavy atom. The van der Waals surface area contributed by atoms with Gasteiger partial charge in [-0.15, -0.1) is 0 Å². The summed E-state index contributed by atoms with van der Waals surface area (Å²) in [5, 5.41) is 3.08. The average molecular weight is 430 g/mol. The van der Waals surface area contributed by atoms with E-state index in [0.717, 1.165) is 0 Å². The summed E-state index contributed by atoms with van der Waals surface area (Å²) in [6.07, 6.45) is 1.69. The number of amides is 1. The first kappa shape index (κ1) is 21.4. The summed E-state index contributed by atoms with van der Waals surface area (Å²) in [5.74, 6) is -0.321. The zero-order valence-electron chi connectivity index (χ0n) is 16.3. The second-order valence-electron chi connectivity index (χ2n) is 5.96. The minimum atomic E-state index is -0.474. The van der Waals surface area contributed by atoms with Crippen LogP contribution in [-0.2, 0) is 14.3 Å². The third-order valence-corrected chi connectivity index (χ3v) is 4.75. The van der Waals surface area contributed by atoms with Gasteiger partial charge in [-0.2, -0.15) is 0 Å². The van der Waals surface area contributed by atoms with Crippen LogP contribution in [0.4, 0.5) is 10.1 Å². The molecule has 0 aliphatic carbocycles. The fraction of sp³-hybridized carbons (Fsp3) is 0.190. The van der Waals surface area contributed by atoms with Gasteiger partial charge in [0.2, 0.25) is 0 Å². The van der Waals surface area contributed by atoms with E-state index in [1.54, 1.807) is 31.2 Å². The number of thioether (sulfide) groups is 1. The smallest absolute Gasteiger partial charge is 0.344 e. The number of nitrogens with one attached hydrogen (secondary N) is 1. The Balaban J connectivity index is 1.73. The van der Waals surface area contributed by atoms with Gasteiger partial charge in [0.1, 0.15) is 5.82 Å². The van der Waals surface area contributed by atoms with E-state index < -0.39 is 5.97 Å². The van der Waals surface area contributed by atoms with Crippen LogP contribution in [0.2, 0.25) is 0 Å². The molecule has 156 valence electrons. The second kappa shape index (κ2) is 9.93. The number of hydrogen-bond acceptors (Lipinski definition) is 7. The molecule has 0 aromatic heterocycles. The monoisotopic (exact) mass is 430 g/mol. The molecule has 9 heteroatoms. The third kappa shape index (κ3) is 5.60. The van der Waals surface area contributed by atoms with Gasteiger partial charge >= 0.3 is 5.97 Å². The maximum absolute atomic E-state index is 13.0. The lowest BCUT2D eigenvalue weighted by molar-refractivity contribution is -0.145. The number of ether oxygens (including phenoxy) is 3. The Morgan fingerprint density at radius 3 is 2.67 bits per heavy atom. The average Bonchev–Trinajstić information content (AvgIpc) is 3.07. The van der Waals surface area contributed by atoms with Crippen LogP contribution in [0.5, 0.6) is 11.5 Å². The van der Waals surface area contributed by atoms with Crippen molar-refractivity contribution in [3.05, 3.63) is 58.8 Å². The number of esters is 1. The summed E-state index contributed by atoms with van der Waals surface area (Å²) in [7, 11) is 1.48. The Hall–Kier alpha value is -3.33. The summed E-state index contributed by atoms with van der Waals surface area (Å²) in [6, 6.07) is 10.7. The van der Waals surface area contributed by atoms with Crippen molar-refractivity contribution in [2.24, 2.45) is 4.99 Å². The molecule has 0 spiro atoms. The van der Waals surface area contributed by atoms with Crippen LogP contribution in [0.1, 0.15) is 12.5 Å². The number of aliphatic imine (C=N–C) groups is 1. The van der Waals surface area contributed by atoms with Gasteiger partial charge in [0, 0.05) is 0 Å². The highest BCUT2D eigenvalue weighted by Gasteiger charge is 2.24. The van der Waals surface area contributed by atoms with Crippen LogP contribution in [0, 0.1) is 5.82 Å². The molecule has 1 aliphatic heterocycles. The molecule has 2 aromatic rings. The van der Waals surface area contributed by atoms with Crippen molar-refractivity contribution in [1.29, 1.82) is 0 Å². The number of rotatable bonds is 7. The molecule has 30 heavy (non-hydrogen) atoms. The molecule has 1 aliphatic rings. The largest absolute Gasteiger partial charge is 0.493 e. The van der Waals surface area contributed by atoms with Gasteiger partial charge in [-0.3, -0.25) is 4.79 Å². The lowest BCUT2D eigenvalue weighted by atomic mass is 10.2. The minimum absolute atomic E-state index is 0.230. The molecule has 0 saturated carbocycles. The van der Waals surface area contributed by atoms with Crippen molar-refractivity contribution in [3.63, 3.8) is 0 Å². The first-order chi connectivity index (χ1) is 14.5. The Labute approximate surface area is 176 Å².